The number of hydrogen-bond acceptors (Lipinski definition) is 2. The summed E-state index contributed by atoms with van der Waals surface area (Å²) in [5.41, 5.74) is 0.789. The van der Waals surface area contributed by atoms with Crippen LogP contribution in [0.2, 0.25) is 0 Å². The van der Waals surface area contributed by atoms with Gasteiger partial charge in [0, 0.05) is 13.2 Å². The van der Waals surface area contributed by atoms with E-state index in [2.05, 4.69) is 24.0 Å². The molecule has 2 fully saturated rings. The van der Waals surface area contributed by atoms with Crippen molar-refractivity contribution in [2.24, 2.45) is 0 Å². The van der Waals surface area contributed by atoms with Gasteiger partial charge >= 0.3 is 0 Å². The third kappa shape index (κ3) is 2.90. The molecule has 0 saturated carbocycles. The Balaban J connectivity index is 1.82. The molecule has 4 heteroatoms. The third-order valence-corrected chi connectivity index (χ3v) is 5.34. The Morgan fingerprint density at radius 1 is 1.18 bits per heavy atom. The van der Waals surface area contributed by atoms with Crippen LogP contribution in [0.3, 0.4) is 0 Å². The van der Waals surface area contributed by atoms with Crippen molar-refractivity contribution in [2.75, 3.05) is 45.9 Å². The second-order valence-electron chi connectivity index (χ2n) is 6.46. The minimum absolute atomic E-state index is 0.317. The van der Waals surface area contributed by atoms with Crippen LogP contribution in [0.5, 0.6) is 0 Å². The second-order valence-corrected chi connectivity index (χ2v) is 6.46. The molecule has 1 N–H and O–H groups in total. The number of nitrogens with zero attached hydrogens (tertiary/aromatic N) is 1. The lowest BCUT2D eigenvalue weighted by molar-refractivity contribution is -0.902. The van der Waals surface area contributed by atoms with Crippen LogP contribution in [0.15, 0.2) is 30.3 Å². The Hall–Kier alpha value is -1.39. The first-order chi connectivity index (χ1) is 10.8. The molecule has 22 heavy (non-hydrogen) atoms. The minimum Gasteiger partial charge on any atom is -0.381 e. The van der Waals surface area contributed by atoms with Gasteiger partial charge in [-0.15, -0.1) is 0 Å². The van der Waals surface area contributed by atoms with E-state index in [9.17, 15) is 4.79 Å². The predicted octanol–water partition coefficient (Wildman–Crippen LogP) is 0.482. The SMILES string of the molecule is CC[NH+]1CCN(C(=O)C2(c3ccccc3)CCOCC2)CC1. The quantitative estimate of drug-likeness (QED) is 0.881. The van der Waals surface area contributed by atoms with E-state index in [-0.39, 0.29) is 5.41 Å². The number of quaternary nitrogens is 1. The first kappa shape index (κ1) is 15.5. The number of nitrogens with one attached hydrogen (secondary N) is 1. The summed E-state index contributed by atoms with van der Waals surface area (Å²) in [6.45, 7) is 8.65. The normalized spacial score (nSPS) is 22.5. The molecular weight excluding hydrogens is 276 g/mol. The largest absolute Gasteiger partial charge is 0.381 e. The lowest BCUT2D eigenvalue weighted by Crippen LogP contribution is -3.14. The molecule has 0 unspecified atom stereocenters. The van der Waals surface area contributed by atoms with Crippen molar-refractivity contribution in [3.8, 4) is 0 Å². The smallest absolute Gasteiger partial charge is 0.233 e. The zero-order valence-corrected chi connectivity index (χ0v) is 13.5. The van der Waals surface area contributed by atoms with E-state index >= 15 is 0 Å². The number of piperazine rings is 1. The predicted molar refractivity (Wildman–Crippen MR) is 86.0 cm³/mol. The number of carbonyl (C=O) groups excluding carboxylic acids is 1. The summed E-state index contributed by atoms with van der Waals surface area (Å²) in [6.07, 6.45) is 1.60. The van der Waals surface area contributed by atoms with Crippen molar-refractivity contribution in [3.63, 3.8) is 0 Å². The Kier molecular flexibility index (Phi) is 4.79. The van der Waals surface area contributed by atoms with Crippen LogP contribution in [0, 0.1) is 0 Å². The lowest BCUT2D eigenvalue weighted by Gasteiger charge is -2.42. The maximum atomic E-state index is 13.3. The fourth-order valence-corrected chi connectivity index (χ4v) is 3.79. The summed E-state index contributed by atoms with van der Waals surface area (Å²) < 4.78 is 5.54. The molecule has 2 heterocycles. The van der Waals surface area contributed by atoms with Gasteiger partial charge in [-0.25, -0.2) is 0 Å². The molecule has 0 atom stereocenters. The molecular formula is C18H27N2O2+. The van der Waals surface area contributed by atoms with Crippen molar-refractivity contribution < 1.29 is 14.4 Å². The molecule has 0 radical (unpaired) electrons. The fourth-order valence-electron chi connectivity index (χ4n) is 3.79. The van der Waals surface area contributed by atoms with Gasteiger partial charge in [-0.3, -0.25) is 4.79 Å². The molecule has 0 bridgehead atoms. The Labute approximate surface area is 133 Å². The van der Waals surface area contributed by atoms with Crippen LogP contribution in [0.25, 0.3) is 0 Å². The highest BCUT2D eigenvalue weighted by Crippen LogP contribution is 2.36. The highest BCUT2D eigenvalue weighted by atomic mass is 16.5. The van der Waals surface area contributed by atoms with E-state index in [4.69, 9.17) is 4.74 Å². The molecule has 1 aromatic carbocycles. The average Bonchev–Trinajstić information content (AvgIpc) is 2.62. The number of hydrogen-bond donors (Lipinski definition) is 1. The molecule has 2 aliphatic heterocycles. The summed E-state index contributed by atoms with van der Waals surface area (Å²) in [4.78, 5) is 17.0. The van der Waals surface area contributed by atoms with Gasteiger partial charge in [-0.1, -0.05) is 30.3 Å². The topological polar surface area (TPSA) is 34.0 Å². The van der Waals surface area contributed by atoms with Crippen LogP contribution >= 0.6 is 0 Å². The third-order valence-electron chi connectivity index (χ3n) is 5.34. The molecule has 0 aliphatic carbocycles. The Morgan fingerprint density at radius 2 is 1.82 bits per heavy atom. The van der Waals surface area contributed by atoms with Crippen LogP contribution in [-0.4, -0.2) is 56.7 Å². The first-order valence-electron chi connectivity index (χ1n) is 8.52. The standard InChI is InChI=1S/C18H26N2O2/c1-2-19-10-12-20(13-11-19)17(21)18(8-14-22-15-9-18)16-6-4-3-5-7-16/h3-7H,2,8-15H2,1H3/p+1. The molecule has 1 aromatic rings. The number of rotatable bonds is 3. The maximum absolute atomic E-state index is 13.3. The second kappa shape index (κ2) is 6.80. The van der Waals surface area contributed by atoms with Gasteiger partial charge in [-0.05, 0) is 25.3 Å². The number of amides is 1. The van der Waals surface area contributed by atoms with E-state index in [0.717, 1.165) is 51.1 Å². The molecule has 2 aliphatic rings. The van der Waals surface area contributed by atoms with Crippen molar-refractivity contribution >= 4 is 5.91 Å². The molecule has 3 rings (SSSR count). The molecule has 0 aromatic heterocycles. The van der Waals surface area contributed by atoms with E-state index in [1.165, 1.54) is 0 Å². The summed E-state index contributed by atoms with van der Waals surface area (Å²) in [7, 11) is 0. The monoisotopic (exact) mass is 303 g/mol. The highest BCUT2D eigenvalue weighted by molar-refractivity contribution is 5.88. The fraction of sp³-hybridized carbons (Fsp3) is 0.611. The van der Waals surface area contributed by atoms with Gasteiger partial charge in [-0.2, -0.15) is 0 Å². The first-order valence-corrected chi connectivity index (χ1v) is 8.52. The maximum Gasteiger partial charge on any atom is 0.233 e. The summed E-state index contributed by atoms with van der Waals surface area (Å²) in [5, 5.41) is 0. The van der Waals surface area contributed by atoms with E-state index < -0.39 is 0 Å². The summed E-state index contributed by atoms with van der Waals surface area (Å²) >= 11 is 0. The van der Waals surface area contributed by atoms with Gasteiger partial charge in [0.05, 0.1) is 38.1 Å². The zero-order valence-electron chi connectivity index (χ0n) is 13.5. The van der Waals surface area contributed by atoms with E-state index in [0.29, 0.717) is 19.1 Å². The van der Waals surface area contributed by atoms with Crippen LogP contribution in [0.4, 0.5) is 0 Å². The highest BCUT2D eigenvalue weighted by Gasteiger charge is 2.44. The van der Waals surface area contributed by atoms with Gasteiger partial charge in [0.25, 0.3) is 0 Å². The molecule has 0 spiro atoms. The van der Waals surface area contributed by atoms with Gasteiger partial charge in [0.15, 0.2) is 0 Å². The zero-order chi connectivity index (χ0) is 15.4. The van der Waals surface area contributed by atoms with Crippen LogP contribution in [0.1, 0.15) is 25.3 Å². The van der Waals surface area contributed by atoms with Gasteiger partial charge in [0.2, 0.25) is 5.91 Å². The molecule has 2 saturated heterocycles. The summed E-state index contributed by atoms with van der Waals surface area (Å²) in [6, 6.07) is 10.3. The summed E-state index contributed by atoms with van der Waals surface area (Å²) in [5.74, 6) is 0.317. The molecule has 4 nitrogen and oxygen atoms in total. The van der Waals surface area contributed by atoms with Crippen molar-refractivity contribution in [2.45, 2.75) is 25.2 Å². The number of likely N-dealkylation sites (N-methyl/N-ethyl adjacent to an activating group) is 1. The Bertz CT molecular complexity index is 489. The minimum atomic E-state index is -0.372. The van der Waals surface area contributed by atoms with Crippen molar-refractivity contribution in [1.29, 1.82) is 0 Å². The van der Waals surface area contributed by atoms with Crippen molar-refractivity contribution in [1.82, 2.24) is 4.90 Å². The van der Waals surface area contributed by atoms with Gasteiger partial charge < -0.3 is 14.5 Å². The average molecular weight is 303 g/mol. The molecule has 1 amide bonds. The number of ether oxygens (including phenoxy) is 1. The van der Waals surface area contributed by atoms with E-state index in [1.54, 1.807) is 4.90 Å². The van der Waals surface area contributed by atoms with Crippen LogP contribution in [-0.2, 0) is 14.9 Å². The number of carbonyl (C=O) groups is 1. The van der Waals surface area contributed by atoms with Gasteiger partial charge in [0.1, 0.15) is 0 Å². The number of benzene rings is 1. The lowest BCUT2D eigenvalue weighted by atomic mass is 9.73. The van der Waals surface area contributed by atoms with Crippen molar-refractivity contribution in [3.05, 3.63) is 35.9 Å². The van der Waals surface area contributed by atoms with E-state index in [1.807, 2.05) is 18.2 Å². The Morgan fingerprint density at radius 3 is 2.41 bits per heavy atom. The van der Waals surface area contributed by atoms with Crippen LogP contribution < -0.4 is 4.90 Å². The molecule has 120 valence electrons.